The number of hydrogen-bond donors (Lipinski definition) is 1. The van der Waals surface area contributed by atoms with E-state index in [0.29, 0.717) is 29.7 Å². The van der Waals surface area contributed by atoms with E-state index in [4.69, 9.17) is 21.1 Å². The Kier molecular flexibility index (Phi) is 21.1. The van der Waals surface area contributed by atoms with Gasteiger partial charge in [0, 0.05) is 24.7 Å². The van der Waals surface area contributed by atoms with Gasteiger partial charge in [0.05, 0.1) is 11.6 Å². The van der Waals surface area contributed by atoms with Crippen molar-refractivity contribution in [2.75, 3.05) is 19.8 Å². The smallest absolute Gasteiger partial charge is 0.257 e. The third-order valence-electron chi connectivity index (χ3n) is 6.81. The van der Waals surface area contributed by atoms with Crippen LogP contribution in [0.25, 0.3) is 0 Å². The van der Waals surface area contributed by atoms with Crippen molar-refractivity contribution in [2.24, 2.45) is 7.05 Å². The van der Waals surface area contributed by atoms with Crippen molar-refractivity contribution in [3.05, 3.63) is 53.3 Å². The van der Waals surface area contributed by atoms with E-state index >= 15 is 0 Å². The summed E-state index contributed by atoms with van der Waals surface area (Å²) in [5, 5.41) is 3.39. The number of carbonyl (C=O) groups is 1. The van der Waals surface area contributed by atoms with Crippen molar-refractivity contribution in [3.8, 4) is 11.5 Å². The van der Waals surface area contributed by atoms with Crippen LogP contribution in [0.5, 0.6) is 11.5 Å². The molecule has 0 aliphatic heterocycles. The number of pyridine rings is 1. The van der Waals surface area contributed by atoms with Gasteiger partial charge in [0.15, 0.2) is 19.0 Å². The van der Waals surface area contributed by atoms with Gasteiger partial charge in [-0.3, -0.25) is 4.79 Å². The molecular formula is C32H50ClIN2O3. The first kappa shape index (κ1) is 35.5. The van der Waals surface area contributed by atoms with Crippen molar-refractivity contribution in [2.45, 2.75) is 103 Å². The molecule has 1 heterocycles. The van der Waals surface area contributed by atoms with Crippen LogP contribution in [0.3, 0.4) is 0 Å². The van der Waals surface area contributed by atoms with Gasteiger partial charge in [-0.1, -0.05) is 102 Å². The zero-order valence-electron chi connectivity index (χ0n) is 24.2. The van der Waals surface area contributed by atoms with Gasteiger partial charge in [-0.2, -0.15) is 0 Å². The SMILES string of the molecule is CCCCCCCCCCCCCCCCOc1ccc(OCC(=O)NCCc2cc[n+](C)cc2)cc1Cl.[I-]. The molecule has 0 saturated heterocycles. The highest BCUT2D eigenvalue weighted by Gasteiger charge is 2.07. The fourth-order valence-electron chi connectivity index (χ4n) is 4.41. The second kappa shape index (κ2) is 23.2. The third kappa shape index (κ3) is 17.7. The van der Waals surface area contributed by atoms with Crippen LogP contribution in [0.15, 0.2) is 42.7 Å². The van der Waals surface area contributed by atoms with Crippen molar-refractivity contribution >= 4 is 17.5 Å². The normalized spacial score (nSPS) is 10.6. The Labute approximate surface area is 259 Å². The largest absolute Gasteiger partial charge is 1.00 e. The highest BCUT2D eigenvalue weighted by atomic mass is 127. The summed E-state index contributed by atoms with van der Waals surface area (Å²) in [5.41, 5.74) is 1.18. The van der Waals surface area contributed by atoms with Gasteiger partial charge in [0.25, 0.3) is 5.91 Å². The molecule has 1 amide bonds. The lowest BCUT2D eigenvalue weighted by Gasteiger charge is -2.11. The number of rotatable bonds is 22. The molecule has 0 aliphatic carbocycles. The number of amides is 1. The zero-order valence-corrected chi connectivity index (χ0v) is 27.1. The van der Waals surface area contributed by atoms with Crippen LogP contribution >= 0.6 is 11.6 Å². The fourth-order valence-corrected chi connectivity index (χ4v) is 4.64. The van der Waals surface area contributed by atoms with Crippen LogP contribution in [0, 0.1) is 0 Å². The number of ether oxygens (including phenoxy) is 2. The van der Waals surface area contributed by atoms with E-state index in [1.165, 1.54) is 89.0 Å². The van der Waals surface area contributed by atoms with E-state index in [9.17, 15) is 4.79 Å². The first-order chi connectivity index (χ1) is 18.6. The molecule has 39 heavy (non-hydrogen) atoms. The zero-order chi connectivity index (χ0) is 27.3. The van der Waals surface area contributed by atoms with Crippen molar-refractivity contribution in [1.82, 2.24) is 5.32 Å². The van der Waals surface area contributed by atoms with Gasteiger partial charge < -0.3 is 38.8 Å². The monoisotopic (exact) mass is 672 g/mol. The number of carbonyl (C=O) groups excluding carboxylic acids is 1. The summed E-state index contributed by atoms with van der Waals surface area (Å²) in [6.07, 6.45) is 23.5. The number of unbranched alkanes of at least 4 members (excludes halogenated alkanes) is 13. The van der Waals surface area contributed by atoms with E-state index in [0.717, 1.165) is 12.8 Å². The van der Waals surface area contributed by atoms with Crippen LogP contribution in [0.2, 0.25) is 5.02 Å². The molecule has 1 aromatic heterocycles. The minimum absolute atomic E-state index is 0. The number of aromatic nitrogens is 1. The Balaban J connectivity index is 0.00000760. The molecule has 0 unspecified atom stereocenters. The lowest BCUT2D eigenvalue weighted by molar-refractivity contribution is -0.671. The second-order valence-corrected chi connectivity index (χ2v) is 10.7. The maximum atomic E-state index is 12.1. The Morgan fingerprint density at radius 1 is 0.821 bits per heavy atom. The molecule has 0 atom stereocenters. The summed E-state index contributed by atoms with van der Waals surface area (Å²) in [6, 6.07) is 9.42. The molecule has 1 aromatic carbocycles. The van der Waals surface area contributed by atoms with E-state index < -0.39 is 0 Å². The lowest BCUT2D eigenvalue weighted by Crippen LogP contribution is -3.00. The van der Waals surface area contributed by atoms with E-state index in [1.54, 1.807) is 12.1 Å². The van der Waals surface area contributed by atoms with Crippen LogP contribution in [-0.2, 0) is 18.3 Å². The Bertz CT molecular complexity index is 895. The molecule has 220 valence electrons. The Morgan fingerprint density at radius 2 is 1.38 bits per heavy atom. The Hall–Kier alpha value is -1.54. The number of nitrogens with zero attached hydrogens (tertiary/aromatic N) is 1. The molecule has 2 rings (SSSR count). The van der Waals surface area contributed by atoms with Gasteiger partial charge in [-0.05, 0) is 30.5 Å². The maximum Gasteiger partial charge on any atom is 0.257 e. The van der Waals surface area contributed by atoms with Gasteiger partial charge >= 0.3 is 0 Å². The molecule has 0 bridgehead atoms. The summed E-state index contributed by atoms with van der Waals surface area (Å²) >= 11 is 6.36. The van der Waals surface area contributed by atoms with Crippen molar-refractivity contribution in [3.63, 3.8) is 0 Å². The van der Waals surface area contributed by atoms with Crippen molar-refractivity contribution in [1.29, 1.82) is 0 Å². The van der Waals surface area contributed by atoms with Gasteiger partial charge in [-0.15, -0.1) is 0 Å². The van der Waals surface area contributed by atoms with Gasteiger partial charge in [0.2, 0.25) is 0 Å². The lowest BCUT2D eigenvalue weighted by atomic mass is 10.0. The van der Waals surface area contributed by atoms with Gasteiger partial charge in [-0.25, -0.2) is 4.57 Å². The summed E-state index contributed by atoms with van der Waals surface area (Å²) in [6.45, 7) is 3.47. The number of aryl methyl sites for hydroxylation is 1. The third-order valence-corrected chi connectivity index (χ3v) is 7.11. The molecule has 0 radical (unpaired) electrons. The standard InChI is InChI=1S/C32H49ClN2O3.HI/c1-3-4-5-6-7-8-9-10-11-12-13-14-15-16-25-37-31-18-17-29(26-30(31)33)38-27-32(36)34-22-19-28-20-23-35(2)24-21-28;/h17-18,20-21,23-24,26H,3-16,19,22,25,27H2,1-2H3;1H. The molecule has 2 aromatic rings. The molecule has 0 fully saturated rings. The molecule has 5 nitrogen and oxygen atoms in total. The second-order valence-electron chi connectivity index (χ2n) is 10.3. The van der Waals surface area contributed by atoms with E-state index in [1.807, 2.05) is 42.2 Å². The Morgan fingerprint density at radius 3 is 1.95 bits per heavy atom. The number of benzene rings is 1. The number of nitrogens with one attached hydrogen (secondary N) is 1. The molecule has 1 N–H and O–H groups in total. The van der Waals surface area contributed by atoms with E-state index in [-0.39, 0.29) is 36.5 Å². The molecule has 7 heteroatoms. The molecule has 0 saturated carbocycles. The predicted molar refractivity (Wildman–Crippen MR) is 157 cm³/mol. The average Bonchev–Trinajstić information content (AvgIpc) is 2.91. The summed E-state index contributed by atoms with van der Waals surface area (Å²) < 4.78 is 13.4. The molecule has 0 spiro atoms. The van der Waals surface area contributed by atoms with Crippen molar-refractivity contribution < 1.29 is 42.8 Å². The minimum atomic E-state index is -0.152. The summed E-state index contributed by atoms with van der Waals surface area (Å²) in [5.74, 6) is 1.07. The summed E-state index contributed by atoms with van der Waals surface area (Å²) in [4.78, 5) is 12.1. The highest BCUT2D eigenvalue weighted by Crippen LogP contribution is 2.29. The van der Waals surface area contributed by atoms with E-state index in [2.05, 4.69) is 12.2 Å². The first-order valence-electron chi connectivity index (χ1n) is 14.8. The first-order valence-corrected chi connectivity index (χ1v) is 15.2. The van der Waals surface area contributed by atoms with Crippen LogP contribution < -0.4 is 43.3 Å². The number of halogens is 2. The van der Waals surface area contributed by atoms with Crippen LogP contribution in [0.4, 0.5) is 0 Å². The van der Waals surface area contributed by atoms with Gasteiger partial charge in [0.1, 0.15) is 18.5 Å². The fraction of sp³-hybridized carbons (Fsp3) is 0.625. The quantitative estimate of drug-likeness (QED) is 0.112. The highest BCUT2D eigenvalue weighted by molar-refractivity contribution is 6.32. The average molecular weight is 673 g/mol. The topological polar surface area (TPSA) is 51.4 Å². The van der Waals surface area contributed by atoms with Crippen LogP contribution in [-0.4, -0.2) is 25.7 Å². The summed E-state index contributed by atoms with van der Waals surface area (Å²) in [7, 11) is 1.98. The molecular weight excluding hydrogens is 623 g/mol. The molecule has 0 aliphatic rings. The maximum absolute atomic E-state index is 12.1. The predicted octanol–water partition coefficient (Wildman–Crippen LogP) is 4.77. The van der Waals surface area contributed by atoms with Crippen LogP contribution in [0.1, 0.15) is 102 Å². The number of hydrogen-bond acceptors (Lipinski definition) is 3. The minimum Gasteiger partial charge on any atom is -1.00 e.